The van der Waals surface area contributed by atoms with Crippen molar-refractivity contribution in [1.29, 1.82) is 0 Å². The van der Waals surface area contributed by atoms with Crippen LogP contribution in [0.5, 0.6) is 0 Å². The Morgan fingerprint density at radius 1 is 0.960 bits per heavy atom. The minimum Gasteiger partial charge on any atom is -0.367 e. The van der Waals surface area contributed by atoms with Crippen molar-refractivity contribution in [3.63, 3.8) is 0 Å². The van der Waals surface area contributed by atoms with Gasteiger partial charge in [0.2, 0.25) is 0 Å². The number of anilines is 1. The van der Waals surface area contributed by atoms with Crippen molar-refractivity contribution in [2.45, 2.75) is 4.90 Å². The van der Waals surface area contributed by atoms with Gasteiger partial charge in [-0.15, -0.1) is 0 Å². The molecule has 0 saturated carbocycles. The number of hydrogen-bond donors (Lipinski definition) is 1. The van der Waals surface area contributed by atoms with Gasteiger partial charge < -0.3 is 10.2 Å². The molecule has 2 heterocycles. The molecule has 2 aromatic carbocycles. The summed E-state index contributed by atoms with van der Waals surface area (Å²) in [5, 5.41) is 4.44. The molecular formula is C18H18ClN3O2S. The van der Waals surface area contributed by atoms with Crippen molar-refractivity contribution >= 4 is 38.2 Å². The highest BCUT2D eigenvalue weighted by molar-refractivity contribution is 7.90. The van der Waals surface area contributed by atoms with Gasteiger partial charge in [-0.1, -0.05) is 35.9 Å². The second kappa shape index (κ2) is 6.37. The molecule has 7 heteroatoms. The molecule has 130 valence electrons. The first-order valence-corrected chi connectivity index (χ1v) is 9.97. The lowest BCUT2D eigenvalue weighted by Gasteiger charge is -2.30. The lowest BCUT2D eigenvalue weighted by molar-refractivity contribution is 0.586. The van der Waals surface area contributed by atoms with Gasteiger partial charge in [0.25, 0.3) is 10.0 Å². The number of aromatic nitrogens is 1. The van der Waals surface area contributed by atoms with Crippen LogP contribution in [0.4, 0.5) is 5.69 Å². The third-order valence-electron chi connectivity index (χ3n) is 4.49. The second-order valence-corrected chi connectivity index (χ2v) is 8.19. The van der Waals surface area contributed by atoms with Gasteiger partial charge in [-0.3, -0.25) is 0 Å². The lowest BCUT2D eigenvalue weighted by Crippen LogP contribution is -2.43. The van der Waals surface area contributed by atoms with Gasteiger partial charge in [0, 0.05) is 37.8 Å². The number of rotatable bonds is 3. The molecular weight excluding hydrogens is 358 g/mol. The summed E-state index contributed by atoms with van der Waals surface area (Å²) in [5.41, 5.74) is 1.63. The molecule has 0 radical (unpaired) electrons. The Labute approximate surface area is 151 Å². The Bertz CT molecular complexity index is 1020. The van der Waals surface area contributed by atoms with E-state index < -0.39 is 10.0 Å². The van der Waals surface area contributed by atoms with Crippen molar-refractivity contribution in [1.82, 2.24) is 9.29 Å². The summed E-state index contributed by atoms with van der Waals surface area (Å²) < 4.78 is 27.8. The molecule has 1 saturated heterocycles. The highest BCUT2D eigenvalue weighted by Gasteiger charge is 2.24. The van der Waals surface area contributed by atoms with Crippen LogP contribution in [-0.4, -0.2) is 38.6 Å². The topological polar surface area (TPSA) is 54.3 Å². The number of halogens is 1. The van der Waals surface area contributed by atoms with Crippen LogP contribution in [0.1, 0.15) is 0 Å². The molecule has 25 heavy (non-hydrogen) atoms. The zero-order chi connectivity index (χ0) is 17.4. The monoisotopic (exact) mass is 375 g/mol. The zero-order valence-corrected chi connectivity index (χ0v) is 15.1. The molecule has 0 atom stereocenters. The molecule has 3 aromatic rings. The van der Waals surface area contributed by atoms with E-state index >= 15 is 0 Å². The maximum Gasteiger partial charge on any atom is 0.269 e. The Kier molecular flexibility index (Phi) is 4.19. The Balaban J connectivity index is 1.92. The number of benzene rings is 2. The van der Waals surface area contributed by atoms with Crippen molar-refractivity contribution < 1.29 is 8.42 Å². The molecule has 0 amide bonds. The van der Waals surface area contributed by atoms with Crippen LogP contribution in [0.3, 0.4) is 0 Å². The van der Waals surface area contributed by atoms with E-state index in [4.69, 9.17) is 11.6 Å². The fourth-order valence-electron chi connectivity index (χ4n) is 3.27. The van der Waals surface area contributed by atoms with Crippen LogP contribution in [0, 0.1) is 0 Å². The molecule has 0 unspecified atom stereocenters. The SMILES string of the molecule is O=S(=O)(c1ccccc1Cl)n1ccc2cccc(N3CCNCC3)c21. The van der Waals surface area contributed by atoms with E-state index in [1.54, 1.807) is 24.4 Å². The first-order chi connectivity index (χ1) is 12.1. The minimum absolute atomic E-state index is 0.115. The number of nitrogens with one attached hydrogen (secondary N) is 1. The molecule has 5 nitrogen and oxygen atoms in total. The first kappa shape index (κ1) is 16.4. The lowest BCUT2D eigenvalue weighted by atomic mass is 10.2. The first-order valence-electron chi connectivity index (χ1n) is 8.15. The summed E-state index contributed by atoms with van der Waals surface area (Å²) in [4.78, 5) is 2.33. The number of piperazine rings is 1. The van der Waals surface area contributed by atoms with Gasteiger partial charge >= 0.3 is 0 Å². The number of hydrogen-bond acceptors (Lipinski definition) is 4. The van der Waals surface area contributed by atoms with Gasteiger partial charge in [0.05, 0.1) is 16.2 Å². The fraction of sp³-hybridized carbons (Fsp3) is 0.222. The normalized spacial score (nSPS) is 15.6. The number of fused-ring (bicyclic) bond motifs is 1. The molecule has 1 aliphatic heterocycles. The van der Waals surface area contributed by atoms with Crippen molar-refractivity contribution in [2.24, 2.45) is 0 Å². The van der Waals surface area contributed by atoms with E-state index in [1.165, 1.54) is 10.0 Å². The van der Waals surface area contributed by atoms with E-state index in [0.717, 1.165) is 37.3 Å². The Morgan fingerprint density at radius 3 is 2.48 bits per heavy atom. The summed E-state index contributed by atoms with van der Waals surface area (Å²) in [5.74, 6) is 0. The summed E-state index contributed by atoms with van der Waals surface area (Å²) in [6, 6.07) is 14.2. The molecule has 0 aliphatic carbocycles. The van der Waals surface area contributed by atoms with Crippen LogP contribution in [0.15, 0.2) is 59.6 Å². The summed E-state index contributed by atoms with van der Waals surface area (Å²) in [6.07, 6.45) is 1.61. The van der Waals surface area contributed by atoms with Gasteiger partial charge in [-0.05, 0) is 24.3 Å². The largest absolute Gasteiger partial charge is 0.367 e. The number of para-hydroxylation sites is 1. The smallest absolute Gasteiger partial charge is 0.269 e. The Morgan fingerprint density at radius 2 is 1.72 bits per heavy atom. The third-order valence-corrected chi connectivity index (χ3v) is 6.66. The van der Waals surface area contributed by atoms with E-state index in [9.17, 15) is 8.42 Å². The predicted molar refractivity (Wildman–Crippen MR) is 101 cm³/mol. The maximum atomic E-state index is 13.2. The van der Waals surface area contributed by atoms with Crippen molar-refractivity contribution in [2.75, 3.05) is 31.1 Å². The van der Waals surface area contributed by atoms with Crippen LogP contribution in [0.2, 0.25) is 5.02 Å². The summed E-state index contributed by atoms with van der Waals surface area (Å²) in [7, 11) is -3.77. The van der Waals surface area contributed by atoms with E-state index in [1.807, 2.05) is 24.3 Å². The minimum atomic E-state index is -3.77. The average Bonchev–Trinajstić information content (AvgIpc) is 3.07. The second-order valence-electron chi connectivity index (χ2n) is 6.00. The quantitative estimate of drug-likeness (QED) is 0.764. The van der Waals surface area contributed by atoms with Gasteiger partial charge in [-0.25, -0.2) is 12.4 Å². The van der Waals surface area contributed by atoms with Crippen molar-refractivity contribution in [3.05, 3.63) is 59.8 Å². The average molecular weight is 376 g/mol. The van der Waals surface area contributed by atoms with Gasteiger partial charge in [0.15, 0.2) is 0 Å². The number of nitrogens with zero attached hydrogens (tertiary/aromatic N) is 2. The van der Waals surface area contributed by atoms with E-state index in [0.29, 0.717) is 5.52 Å². The van der Waals surface area contributed by atoms with Crippen LogP contribution >= 0.6 is 11.6 Å². The van der Waals surface area contributed by atoms with E-state index in [2.05, 4.69) is 10.2 Å². The molecule has 0 spiro atoms. The van der Waals surface area contributed by atoms with Crippen LogP contribution in [-0.2, 0) is 10.0 Å². The standard InChI is InChI=1S/C18H18ClN3O2S/c19-15-5-1-2-7-17(15)25(23,24)22-11-8-14-4-3-6-16(18(14)22)21-12-9-20-10-13-21/h1-8,11,20H,9-10,12-13H2. The molecule has 1 N–H and O–H groups in total. The predicted octanol–water partition coefficient (Wildman–Crippen LogP) is 2.94. The third kappa shape index (κ3) is 2.80. The summed E-state index contributed by atoms with van der Waals surface area (Å²) >= 11 is 6.15. The van der Waals surface area contributed by atoms with Crippen LogP contribution < -0.4 is 10.2 Å². The zero-order valence-electron chi connectivity index (χ0n) is 13.5. The van der Waals surface area contributed by atoms with E-state index in [-0.39, 0.29) is 9.92 Å². The highest BCUT2D eigenvalue weighted by Crippen LogP contribution is 2.32. The van der Waals surface area contributed by atoms with Gasteiger partial charge in [0.1, 0.15) is 4.90 Å². The van der Waals surface area contributed by atoms with Gasteiger partial charge in [-0.2, -0.15) is 0 Å². The highest BCUT2D eigenvalue weighted by atomic mass is 35.5. The van der Waals surface area contributed by atoms with Crippen LogP contribution in [0.25, 0.3) is 10.9 Å². The molecule has 1 fully saturated rings. The maximum absolute atomic E-state index is 13.2. The molecule has 4 rings (SSSR count). The molecule has 0 bridgehead atoms. The fourth-order valence-corrected chi connectivity index (χ4v) is 5.13. The van der Waals surface area contributed by atoms with Crippen molar-refractivity contribution in [3.8, 4) is 0 Å². The summed E-state index contributed by atoms with van der Waals surface area (Å²) in [6.45, 7) is 3.45. The molecule has 1 aromatic heterocycles. The Hall–Kier alpha value is -2.02. The molecule has 1 aliphatic rings.